The molecule has 0 aliphatic heterocycles. The summed E-state index contributed by atoms with van der Waals surface area (Å²) in [6, 6.07) is 7.23. The molecule has 1 N–H and O–H groups in total. The van der Waals surface area contributed by atoms with Crippen LogP contribution in [0.1, 0.15) is 15.9 Å². The van der Waals surface area contributed by atoms with Gasteiger partial charge in [0.15, 0.2) is 11.5 Å². The molecule has 0 fully saturated rings. The predicted octanol–water partition coefficient (Wildman–Crippen LogP) is 4.04. The lowest BCUT2D eigenvalue weighted by molar-refractivity contribution is 0.0954. The molecular formula is C15H15Cl2NO3S. The number of methoxy groups -OCH3 is 2. The van der Waals surface area contributed by atoms with Crippen LogP contribution in [-0.4, -0.2) is 26.7 Å². The third-order valence-corrected chi connectivity index (χ3v) is 4.54. The zero-order chi connectivity index (χ0) is 16.1. The lowest BCUT2D eigenvalue weighted by Crippen LogP contribution is -2.25. The van der Waals surface area contributed by atoms with Crippen molar-refractivity contribution in [2.45, 2.75) is 6.42 Å². The second-order valence-electron chi connectivity index (χ2n) is 4.43. The van der Waals surface area contributed by atoms with Crippen LogP contribution in [0.15, 0.2) is 24.3 Å². The third kappa shape index (κ3) is 4.06. The van der Waals surface area contributed by atoms with Crippen LogP contribution in [0.3, 0.4) is 0 Å². The van der Waals surface area contributed by atoms with Crippen molar-refractivity contribution < 1.29 is 14.3 Å². The number of carbonyl (C=O) groups is 1. The molecule has 0 spiro atoms. The first-order valence-corrected chi connectivity index (χ1v) is 8.06. The van der Waals surface area contributed by atoms with E-state index < -0.39 is 0 Å². The average molecular weight is 360 g/mol. The Balaban J connectivity index is 1.93. The Morgan fingerprint density at radius 1 is 1.18 bits per heavy atom. The van der Waals surface area contributed by atoms with E-state index in [9.17, 15) is 4.79 Å². The Morgan fingerprint density at radius 2 is 1.91 bits per heavy atom. The molecule has 4 nitrogen and oxygen atoms in total. The Morgan fingerprint density at radius 3 is 2.50 bits per heavy atom. The molecule has 0 saturated heterocycles. The fourth-order valence-electron chi connectivity index (χ4n) is 1.95. The van der Waals surface area contributed by atoms with Gasteiger partial charge in [0.05, 0.1) is 24.1 Å². The van der Waals surface area contributed by atoms with Crippen LogP contribution in [0.5, 0.6) is 11.5 Å². The highest BCUT2D eigenvalue weighted by Gasteiger charge is 2.13. The molecule has 7 heteroatoms. The van der Waals surface area contributed by atoms with Crippen molar-refractivity contribution in [3.8, 4) is 11.5 Å². The molecule has 118 valence electrons. The summed E-state index contributed by atoms with van der Waals surface area (Å²) >= 11 is 13.0. The summed E-state index contributed by atoms with van der Waals surface area (Å²) in [6.07, 6.45) is 0.668. The van der Waals surface area contributed by atoms with Gasteiger partial charge in [0, 0.05) is 6.54 Å². The first-order chi connectivity index (χ1) is 10.5. The van der Waals surface area contributed by atoms with Gasteiger partial charge in [0.25, 0.3) is 5.91 Å². The van der Waals surface area contributed by atoms with Gasteiger partial charge in [-0.25, -0.2) is 0 Å². The molecule has 0 unspecified atom stereocenters. The number of halogens is 2. The van der Waals surface area contributed by atoms with Crippen molar-refractivity contribution in [2.75, 3.05) is 20.8 Å². The maximum atomic E-state index is 12.0. The summed E-state index contributed by atoms with van der Waals surface area (Å²) < 4.78 is 11.3. The number of thiophene rings is 1. The maximum absolute atomic E-state index is 12.0. The molecule has 1 amide bonds. The molecular weight excluding hydrogens is 345 g/mol. The number of hydrogen-bond acceptors (Lipinski definition) is 4. The van der Waals surface area contributed by atoms with Gasteiger partial charge in [-0.2, -0.15) is 0 Å². The minimum Gasteiger partial charge on any atom is -0.493 e. The number of amides is 1. The summed E-state index contributed by atoms with van der Waals surface area (Å²) in [5.74, 6) is 1.11. The summed E-state index contributed by atoms with van der Waals surface area (Å²) in [6.45, 7) is 0.484. The molecule has 2 aromatic rings. The van der Waals surface area contributed by atoms with Crippen molar-refractivity contribution in [1.29, 1.82) is 0 Å². The van der Waals surface area contributed by atoms with Gasteiger partial charge >= 0.3 is 0 Å². The van der Waals surface area contributed by atoms with Crippen LogP contribution in [0.2, 0.25) is 8.67 Å². The maximum Gasteiger partial charge on any atom is 0.253 e. The minimum absolute atomic E-state index is 0.228. The fourth-order valence-corrected chi connectivity index (χ4v) is 3.41. The van der Waals surface area contributed by atoms with E-state index in [4.69, 9.17) is 32.7 Å². The standard InChI is InChI=1S/C15H15Cl2NO3S/c1-20-11-4-3-9(7-12(11)21-2)5-6-18-15(19)10-8-13(16)22-14(10)17/h3-4,7-8H,5-6H2,1-2H3,(H,18,19). The number of nitrogens with one attached hydrogen (secondary N) is 1. The van der Waals surface area contributed by atoms with Crippen LogP contribution in [0.25, 0.3) is 0 Å². The van der Waals surface area contributed by atoms with E-state index in [1.54, 1.807) is 20.3 Å². The molecule has 0 aliphatic rings. The normalized spacial score (nSPS) is 10.4. The zero-order valence-electron chi connectivity index (χ0n) is 12.1. The lowest BCUT2D eigenvalue weighted by Gasteiger charge is -2.10. The van der Waals surface area contributed by atoms with Gasteiger partial charge < -0.3 is 14.8 Å². The zero-order valence-corrected chi connectivity index (χ0v) is 14.4. The molecule has 1 heterocycles. The number of benzene rings is 1. The van der Waals surface area contributed by atoms with Crippen molar-refractivity contribution in [2.24, 2.45) is 0 Å². The number of hydrogen-bond donors (Lipinski definition) is 1. The van der Waals surface area contributed by atoms with Gasteiger partial charge in [0.2, 0.25) is 0 Å². The average Bonchev–Trinajstić information content (AvgIpc) is 2.85. The Kier molecular flexibility index (Phi) is 5.94. The molecule has 0 radical (unpaired) electrons. The van der Waals surface area contributed by atoms with Gasteiger partial charge in [-0.1, -0.05) is 29.3 Å². The van der Waals surface area contributed by atoms with Crippen LogP contribution in [0.4, 0.5) is 0 Å². The van der Waals surface area contributed by atoms with Crippen molar-refractivity contribution in [1.82, 2.24) is 5.32 Å². The van der Waals surface area contributed by atoms with E-state index in [1.807, 2.05) is 18.2 Å². The van der Waals surface area contributed by atoms with E-state index in [2.05, 4.69) is 5.32 Å². The Labute approximate surface area is 142 Å². The van der Waals surface area contributed by atoms with Gasteiger partial charge in [0.1, 0.15) is 4.34 Å². The molecule has 1 aromatic carbocycles. The monoisotopic (exact) mass is 359 g/mol. The molecule has 0 bridgehead atoms. The molecule has 2 rings (SSSR count). The SMILES string of the molecule is COc1ccc(CCNC(=O)c2cc(Cl)sc2Cl)cc1OC. The number of rotatable bonds is 6. The van der Waals surface area contributed by atoms with Crippen LogP contribution < -0.4 is 14.8 Å². The van der Waals surface area contributed by atoms with E-state index in [0.717, 1.165) is 5.56 Å². The quantitative estimate of drug-likeness (QED) is 0.846. The molecule has 0 atom stereocenters. The summed E-state index contributed by atoms with van der Waals surface area (Å²) in [7, 11) is 3.18. The number of carbonyl (C=O) groups excluding carboxylic acids is 1. The van der Waals surface area contributed by atoms with E-state index in [0.29, 0.717) is 38.7 Å². The third-order valence-electron chi connectivity index (χ3n) is 3.05. The van der Waals surface area contributed by atoms with Crippen molar-refractivity contribution >= 4 is 40.4 Å². The molecule has 1 aromatic heterocycles. The summed E-state index contributed by atoms with van der Waals surface area (Å²) in [5, 5.41) is 2.82. The van der Waals surface area contributed by atoms with Crippen molar-refractivity contribution in [3.05, 3.63) is 44.1 Å². The fraction of sp³-hybridized carbons (Fsp3) is 0.267. The minimum atomic E-state index is -0.228. The second kappa shape index (κ2) is 7.72. The van der Waals surface area contributed by atoms with Crippen LogP contribution in [-0.2, 0) is 6.42 Å². The van der Waals surface area contributed by atoms with Crippen molar-refractivity contribution in [3.63, 3.8) is 0 Å². The first-order valence-electron chi connectivity index (χ1n) is 6.49. The van der Waals surface area contributed by atoms with Gasteiger partial charge in [-0.05, 0) is 30.2 Å². The molecule has 22 heavy (non-hydrogen) atoms. The molecule has 0 aliphatic carbocycles. The highest BCUT2D eigenvalue weighted by Crippen LogP contribution is 2.31. The van der Waals surface area contributed by atoms with Gasteiger partial charge in [-0.3, -0.25) is 4.79 Å². The van der Waals surface area contributed by atoms with Crippen LogP contribution in [0, 0.1) is 0 Å². The first kappa shape index (κ1) is 16.9. The number of ether oxygens (including phenoxy) is 2. The van der Waals surface area contributed by atoms with Crippen LogP contribution >= 0.6 is 34.5 Å². The lowest BCUT2D eigenvalue weighted by atomic mass is 10.1. The van der Waals surface area contributed by atoms with E-state index >= 15 is 0 Å². The summed E-state index contributed by atoms with van der Waals surface area (Å²) in [5.41, 5.74) is 1.44. The smallest absolute Gasteiger partial charge is 0.253 e. The Bertz CT molecular complexity index is 673. The summed E-state index contributed by atoms with van der Waals surface area (Å²) in [4.78, 5) is 12.0. The predicted molar refractivity (Wildman–Crippen MR) is 89.9 cm³/mol. The van der Waals surface area contributed by atoms with E-state index in [1.165, 1.54) is 11.3 Å². The second-order valence-corrected chi connectivity index (χ2v) is 6.72. The highest BCUT2D eigenvalue weighted by molar-refractivity contribution is 7.20. The topological polar surface area (TPSA) is 47.6 Å². The molecule has 0 saturated carbocycles. The van der Waals surface area contributed by atoms with E-state index in [-0.39, 0.29) is 5.91 Å². The highest BCUT2D eigenvalue weighted by atomic mass is 35.5. The Hall–Kier alpha value is -1.43. The largest absolute Gasteiger partial charge is 0.493 e. The van der Waals surface area contributed by atoms with Gasteiger partial charge in [-0.15, -0.1) is 11.3 Å².